The van der Waals surface area contributed by atoms with Gasteiger partial charge in [-0.25, -0.2) is 4.79 Å². The van der Waals surface area contributed by atoms with Crippen LogP contribution in [0, 0.1) is 0 Å². The number of piperazine rings is 1. The molecule has 2 N–H and O–H groups in total. The van der Waals surface area contributed by atoms with Crippen LogP contribution in [-0.2, 0) is 4.79 Å². The number of amides is 3. The maximum atomic E-state index is 12.3. The molecular weight excluding hydrogens is 360 g/mol. The fraction of sp³-hybridized carbons (Fsp3) is 0.200. The molecule has 144 valence electrons. The van der Waals surface area contributed by atoms with Crippen molar-refractivity contribution in [2.75, 3.05) is 26.2 Å². The van der Waals surface area contributed by atoms with Gasteiger partial charge in [0.15, 0.2) is 5.75 Å². The minimum Gasteiger partial charge on any atom is -0.409 e. The summed E-state index contributed by atoms with van der Waals surface area (Å²) in [6.45, 7) is 1.53. The Morgan fingerprint density at radius 2 is 1.68 bits per heavy atom. The highest BCUT2D eigenvalue weighted by molar-refractivity contribution is 5.93. The first-order chi connectivity index (χ1) is 13.5. The molecular formula is C20H20N4O4. The van der Waals surface area contributed by atoms with E-state index in [0.717, 1.165) is 5.56 Å². The normalized spacial score (nSPS) is 14.1. The van der Waals surface area contributed by atoms with E-state index >= 15 is 0 Å². The summed E-state index contributed by atoms with van der Waals surface area (Å²) >= 11 is 0. The van der Waals surface area contributed by atoms with Crippen LogP contribution in [0.4, 0.5) is 4.79 Å². The molecule has 1 aliphatic rings. The van der Waals surface area contributed by atoms with Crippen LogP contribution >= 0.6 is 0 Å². The quantitative estimate of drug-likeness (QED) is 0.810. The van der Waals surface area contributed by atoms with Crippen LogP contribution < -0.4 is 10.5 Å². The number of hydrogen-bond donors (Lipinski definition) is 1. The number of carbonyl (C=O) groups is 3. The van der Waals surface area contributed by atoms with Crippen molar-refractivity contribution in [2.45, 2.75) is 0 Å². The van der Waals surface area contributed by atoms with Crippen LogP contribution in [0.5, 0.6) is 5.75 Å². The van der Waals surface area contributed by atoms with Crippen molar-refractivity contribution in [1.29, 1.82) is 0 Å². The summed E-state index contributed by atoms with van der Waals surface area (Å²) < 4.78 is 5.25. The number of nitrogens with two attached hydrogens (primary N) is 1. The molecule has 1 aromatic carbocycles. The van der Waals surface area contributed by atoms with Gasteiger partial charge in [-0.2, -0.15) is 0 Å². The fourth-order valence-corrected chi connectivity index (χ4v) is 2.72. The van der Waals surface area contributed by atoms with E-state index < -0.39 is 12.0 Å². The number of nitrogens with zero attached hydrogens (tertiary/aromatic N) is 3. The van der Waals surface area contributed by atoms with E-state index in [1.54, 1.807) is 11.0 Å². The predicted molar refractivity (Wildman–Crippen MR) is 102 cm³/mol. The van der Waals surface area contributed by atoms with Crippen LogP contribution in [-0.4, -0.2) is 58.9 Å². The number of hydrogen-bond acceptors (Lipinski definition) is 5. The van der Waals surface area contributed by atoms with Gasteiger partial charge in [0.05, 0.1) is 11.8 Å². The first-order valence-electron chi connectivity index (χ1n) is 8.76. The molecule has 0 saturated carbocycles. The monoisotopic (exact) mass is 380 g/mol. The Bertz CT molecular complexity index is 890. The third-order valence-corrected chi connectivity index (χ3v) is 4.27. The van der Waals surface area contributed by atoms with Crippen LogP contribution in [0.25, 0.3) is 6.08 Å². The SMILES string of the molecule is NC(=O)c1cncc(OC(=O)N2CCN(C(=O)C=Cc3ccccc3)CC2)c1. The van der Waals surface area contributed by atoms with E-state index in [1.165, 1.54) is 29.4 Å². The third-order valence-electron chi connectivity index (χ3n) is 4.27. The molecule has 8 heteroatoms. The van der Waals surface area contributed by atoms with Gasteiger partial charge < -0.3 is 20.3 Å². The minimum absolute atomic E-state index is 0.102. The van der Waals surface area contributed by atoms with Gasteiger partial charge in [0.25, 0.3) is 0 Å². The number of primary amides is 1. The highest BCUT2D eigenvalue weighted by Crippen LogP contribution is 2.13. The molecule has 0 radical (unpaired) electrons. The lowest BCUT2D eigenvalue weighted by molar-refractivity contribution is -0.127. The van der Waals surface area contributed by atoms with Gasteiger partial charge in [0, 0.05) is 38.5 Å². The van der Waals surface area contributed by atoms with Crippen molar-refractivity contribution in [3.63, 3.8) is 0 Å². The van der Waals surface area contributed by atoms with Crippen molar-refractivity contribution in [3.8, 4) is 5.75 Å². The number of rotatable bonds is 4. The molecule has 0 bridgehead atoms. The summed E-state index contributed by atoms with van der Waals surface area (Å²) in [5.41, 5.74) is 6.30. The van der Waals surface area contributed by atoms with Gasteiger partial charge in [-0.1, -0.05) is 30.3 Å². The maximum absolute atomic E-state index is 12.3. The maximum Gasteiger partial charge on any atom is 0.415 e. The first kappa shape index (κ1) is 19.1. The molecule has 0 unspecified atom stereocenters. The number of ether oxygens (including phenoxy) is 1. The zero-order chi connectivity index (χ0) is 19.9. The van der Waals surface area contributed by atoms with Crippen molar-refractivity contribution in [1.82, 2.24) is 14.8 Å². The molecule has 2 heterocycles. The predicted octanol–water partition coefficient (Wildman–Crippen LogP) is 1.54. The van der Waals surface area contributed by atoms with Gasteiger partial charge in [-0.15, -0.1) is 0 Å². The standard InChI is InChI=1S/C20H20N4O4/c21-19(26)16-12-17(14-22-13-16)28-20(27)24-10-8-23(9-11-24)18(25)7-6-15-4-2-1-3-5-15/h1-7,12-14H,8-11H2,(H2,21,26). The second kappa shape index (κ2) is 8.81. The molecule has 3 rings (SSSR count). The second-order valence-electron chi connectivity index (χ2n) is 6.20. The molecule has 1 fully saturated rings. The average molecular weight is 380 g/mol. The summed E-state index contributed by atoms with van der Waals surface area (Å²) in [6.07, 6.45) is 5.37. The first-order valence-corrected chi connectivity index (χ1v) is 8.76. The lowest BCUT2D eigenvalue weighted by atomic mass is 10.2. The Balaban J connectivity index is 1.51. The van der Waals surface area contributed by atoms with Crippen molar-refractivity contribution in [2.24, 2.45) is 5.73 Å². The van der Waals surface area contributed by atoms with Crippen molar-refractivity contribution in [3.05, 3.63) is 66.0 Å². The van der Waals surface area contributed by atoms with Crippen molar-refractivity contribution >= 4 is 24.0 Å². The van der Waals surface area contributed by atoms with E-state index in [2.05, 4.69) is 4.98 Å². The number of aromatic nitrogens is 1. The number of pyridine rings is 1. The molecule has 1 saturated heterocycles. The zero-order valence-electron chi connectivity index (χ0n) is 15.2. The molecule has 1 aliphatic heterocycles. The zero-order valence-corrected chi connectivity index (χ0v) is 15.2. The Hall–Kier alpha value is -3.68. The summed E-state index contributed by atoms with van der Waals surface area (Å²) in [7, 11) is 0. The van der Waals surface area contributed by atoms with Gasteiger partial charge in [-0.05, 0) is 17.7 Å². The largest absolute Gasteiger partial charge is 0.415 e. The molecule has 0 atom stereocenters. The van der Waals surface area contributed by atoms with Crippen LogP contribution in [0.3, 0.4) is 0 Å². The number of benzene rings is 1. The molecule has 0 spiro atoms. The fourth-order valence-electron chi connectivity index (χ4n) is 2.72. The Labute approximate surface area is 162 Å². The summed E-state index contributed by atoms with van der Waals surface area (Å²) in [4.78, 5) is 42.8. The van der Waals surface area contributed by atoms with E-state index in [9.17, 15) is 14.4 Å². The van der Waals surface area contributed by atoms with Crippen LogP contribution in [0.15, 0.2) is 54.9 Å². The van der Waals surface area contributed by atoms with Gasteiger partial charge in [-0.3, -0.25) is 14.6 Å². The van der Waals surface area contributed by atoms with Crippen molar-refractivity contribution < 1.29 is 19.1 Å². The Morgan fingerprint density at radius 1 is 1.00 bits per heavy atom. The Morgan fingerprint density at radius 3 is 2.36 bits per heavy atom. The van der Waals surface area contributed by atoms with Gasteiger partial charge in [0.2, 0.25) is 11.8 Å². The lowest BCUT2D eigenvalue weighted by Crippen LogP contribution is -2.51. The lowest BCUT2D eigenvalue weighted by Gasteiger charge is -2.33. The van der Waals surface area contributed by atoms with E-state index in [0.29, 0.717) is 26.2 Å². The summed E-state index contributed by atoms with van der Waals surface area (Å²) in [6, 6.07) is 10.9. The molecule has 8 nitrogen and oxygen atoms in total. The summed E-state index contributed by atoms with van der Waals surface area (Å²) in [5.74, 6) is -0.609. The van der Waals surface area contributed by atoms with E-state index in [4.69, 9.17) is 10.5 Å². The average Bonchev–Trinajstić information content (AvgIpc) is 2.73. The van der Waals surface area contributed by atoms with Crippen LogP contribution in [0.2, 0.25) is 0 Å². The highest BCUT2D eigenvalue weighted by Gasteiger charge is 2.24. The Kier molecular flexibility index (Phi) is 6.01. The molecule has 28 heavy (non-hydrogen) atoms. The highest BCUT2D eigenvalue weighted by atomic mass is 16.6. The van der Waals surface area contributed by atoms with Gasteiger partial charge in [0.1, 0.15) is 0 Å². The molecule has 2 aromatic rings. The molecule has 1 aromatic heterocycles. The number of carbonyl (C=O) groups excluding carboxylic acids is 3. The smallest absolute Gasteiger partial charge is 0.409 e. The van der Waals surface area contributed by atoms with E-state index in [-0.39, 0.29) is 17.2 Å². The third kappa shape index (κ3) is 4.94. The summed E-state index contributed by atoms with van der Waals surface area (Å²) in [5, 5.41) is 0. The molecule has 0 aliphatic carbocycles. The van der Waals surface area contributed by atoms with Gasteiger partial charge >= 0.3 is 6.09 Å². The van der Waals surface area contributed by atoms with Crippen LogP contribution in [0.1, 0.15) is 15.9 Å². The molecule has 3 amide bonds. The minimum atomic E-state index is -0.652. The van der Waals surface area contributed by atoms with E-state index in [1.807, 2.05) is 30.3 Å². The topological polar surface area (TPSA) is 106 Å². The second-order valence-corrected chi connectivity index (χ2v) is 6.20.